The molecule has 1 aromatic rings. The van der Waals surface area contributed by atoms with Crippen LogP contribution in [-0.2, 0) is 10.9 Å². The Kier molecular flexibility index (Phi) is 4.38. The number of amides is 2. The van der Waals surface area contributed by atoms with E-state index in [-0.39, 0.29) is 6.54 Å². The molecule has 1 unspecified atom stereocenters. The van der Waals surface area contributed by atoms with E-state index in [2.05, 4.69) is 15.1 Å². The molecule has 0 aliphatic carbocycles. The number of carbonyl (C=O) groups is 2. The van der Waals surface area contributed by atoms with E-state index in [0.717, 1.165) is 19.2 Å². The number of hydrazine groups is 1. The summed E-state index contributed by atoms with van der Waals surface area (Å²) in [6.07, 6.45) is -7.00. The van der Waals surface area contributed by atoms with Crippen molar-refractivity contribution in [3.8, 4) is 0 Å². The van der Waals surface area contributed by atoms with Gasteiger partial charge < -0.3 is 9.84 Å². The van der Waals surface area contributed by atoms with E-state index >= 15 is 0 Å². The smallest absolute Gasteiger partial charge is 0.449 e. The zero-order valence-electron chi connectivity index (χ0n) is 11.7. The Labute approximate surface area is 127 Å². The molecule has 0 fully saturated rings. The predicted molar refractivity (Wildman–Crippen MR) is 68.0 cm³/mol. The summed E-state index contributed by atoms with van der Waals surface area (Å²) in [6.45, 7) is -0.242. The maximum Gasteiger partial charge on any atom is 0.449 e. The second-order valence-electron chi connectivity index (χ2n) is 4.46. The number of rotatable bonds is 1. The Hall–Kier alpha value is -2.85. The molecule has 1 aliphatic heterocycles. The average molecular weight is 332 g/mol. The van der Waals surface area contributed by atoms with Gasteiger partial charge in [0, 0.05) is 0 Å². The highest BCUT2D eigenvalue weighted by Gasteiger charge is 2.35. The number of halogens is 3. The van der Waals surface area contributed by atoms with E-state index in [1.807, 2.05) is 0 Å². The zero-order valence-corrected chi connectivity index (χ0v) is 11.7. The molecule has 0 radical (unpaired) electrons. The van der Waals surface area contributed by atoms with Crippen molar-refractivity contribution in [2.24, 2.45) is 10.3 Å². The lowest BCUT2D eigenvalue weighted by molar-refractivity contribution is -0.137. The number of carbonyl (C=O) groups excluding carboxylic acids is 1. The van der Waals surface area contributed by atoms with Gasteiger partial charge in [0.1, 0.15) is 6.04 Å². The molecule has 0 aromatic heterocycles. The summed E-state index contributed by atoms with van der Waals surface area (Å²) < 4.78 is 42.0. The van der Waals surface area contributed by atoms with Crippen LogP contribution in [0.4, 0.5) is 22.8 Å². The number of methoxy groups -OCH3 is 1. The third-order valence-corrected chi connectivity index (χ3v) is 3.03. The van der Waals surface area contributed by atoms with E-state index in [1.165, 1.54) is 12.1 Å². The maximum atomic E-state index is 12.5. The molecule has 2 amide bonds. The molecule has 1 N–H and O–H groups in total. The molecule has 0 bridgehead atoms. The van der Waals surface area contributed by atoms with Gasteiger partial charge in [0.15, 0.2) is 0 Å². The first-order valence-electron chi connectivity index (χ1n) is 6.20. The standard InChI is InChI=1S/C12H11F3N4O4/c1-23-11(22)18-6-9(16-17-19(18)10(20)21)7-2-4-8(5-3-7)12(13,14)15/h2-5,9H,6H2,1H3,(H,20,21). The van der Waals surface area contributed by atoms with Crippen molar-refractivity contribution < 1.29 is 32.6 Å². The first kappa shape index (κ1) is 16.5. The molecule has 0 saturated carbocycles. The SMILES string of the molecule is COC(=O)N1CC(c2ccc(C(F)(F)F)cc2)N=NN1C(=O)O. The number of alkyl halides is 3. The summed E-state index contributed by atoms with van der Waals surface area (Å²) in [5.74, 6) is 0. The van der Waals surface area contributed by atoms with Gasteiger partial charge in [-0.05, 0) is 22.9 Å². The molecule has 0 spiro atoms. The molecule has 11 heteroatoms. The average Bonchev–Trinajstić information content (AvgIpc) is 2.52. The molecule has 1 heterocycles. The topological polar surface area (TPSA) is 94.8 Å². The minimum Gasteiger partial charge on any atom is -0.462 e. The zero-order chi connectivity index (χ0) is 17.2. The second kappa shape index (κ2) is 6.10. The molecule has 2 rings (SSSR count). The maximum absolute atomic E-state index is 12.5. The van der Waals surface area contributed by atoms with Crippen molar-refractivity contribution in [2.75, 3.05) is 13.7 Å². The number of benzene rings is 1. The first-order chi connectivity index (χ1) is 10.7. The van der Waals surface area contributed by atoms with Gasteiger partial charge in [-0.25, -0.2) is 9.59 Å². The molecule has 8 nitrogen and oxygen atoms in total. The van der Waals surface area contributed by atoms with E-state index in [1.54, 1.807) is 0 Å². The van der Waals surface area contributed by atoms with Gasteiger partial charge in [-0.3, -0.25) is 0 Å². The van der Waals surface area contributed by atoms with Crippen LogP contribution in [0.25, 0.3) is 0 Å². The van der Waals surface area contributed by atoms with E-state index < -0.39 is 30.0 Å². The lowest BCUT2D eigenvalue weighted by Gasteiger charge is -2.31. The number of hydrogen-bond donors (Lipinski definition) is 1. The Bertz CT molecular complexity index is 632. The highest BCUT2D eigenvalue weighted by atomic mass is 19.4. The van der Waals surface area contributed by atoms with Crippen LogP contribution in [0.15, 0.2) is 34.6 Å². The van der Waals surface area contributed by atoms with Crippen molar-refractivity contribution in [2.45, 2.75) is 12.2 Å². The Morgan fingerprint density at radius 3 is 2.39 bits per heavy atom. The number of carboxylic acid groups (broad SMARTS) is 1. The Balaban J connectivity index is 2.26. The summed E-state index contributed by atoms with van der Waals surface area (Å²) in [5, 5.41) is 17.0. The van der Waals surface area contributed by atoms with Crippen molar-refractivity contribution in [1.82, 2.24) is 10.1 Å². The van der Waals surface area contributed by atoms with Gasteiger partial charge in [0.2, 0.25) is 0 Å². The van der Waals surface area contributed by atoms with Gasteiger partial charge in [0.25, 0.3) is 0 Å². The van der Waals surface area contributed by atoms with Crippen LogP contribution in [-0.4, -0.2) is 41.1 Å². The van der Waals surface area contributed by atoms with Crippen molar-refractivity contribution in [3.63, 3.8) is 0 Å². The highest BCUT2D eigenvalue weighted by molar-refractivity contribution is 5.72. The van der Waals surface area contributed by atoms with Crippen LogP contribution < -0.4 is 0 Å². The number of hydrogen-bond acceptors (Lipinski definition) is 5. The summed E-state index contributed by atoms with van der Waals surface area (Å²) >= 11 is 0. The second-order valence-corrected chi connectivity index (χ2v) is 4.46. The van der Waals surface area contributed by atoms with Gasteiger partial charge in [-0.15, -0.1) is 0 Å². The fraction of sp³-hybridized carbons (Fsp3) is 0.333. The quantitative estimate of drug-likeness (QED) is 0.855. The first-order valence-corrected chi connectivity index (χ1v) is 6.20. The summed E-state index contributed by atoms with van der Waals surface area (Å²) in [6, 6.07) is 3.32. The summed E-state index contributed by atoms with van der Waals surface area (Å²) in [7, 11) is 1.06. The van der Waals surface area contributed by atoms with E-state index in [9.17, 15) is 22.8 Å². The molecular formula is C12H11F3N4O4. The monoisotopic (exact) mass is 332 g/mol. The molecule has 1 aromatic carbocycles. The van der Waals surface area contributed by atoms with Crippen molar-refractivity contribution in [1.29, 1.82) is 0 Å². The van der Waals surface area contributed by atoms with E-state index in [4.69, 9.17) is 5.11 Å². The summed E-state index contributed by atoms with van der Waals surface area (Å²) in [5.41, 5.74) is -0.480. The Morgan fingerprint density at radius 1 is 1.30 bits per heavy atom. The lowest BCUT2D eigenvalue weighted by atomic mass is 10.0. The third-order valence-electron chi connectivity index (χ3n) is 3.03. The van der Waals surface area contributed by atoms with Gasteiger partial charge >= 0.3 is 18.4 Å². The fourth-order valence-corrected chi connectivity index (χ4v) is 1.90. The van der Waals surface area contributed by atoms with Crippen LogP contribution in [0, 0.1) is 0 Å². The highest BCUT2D eigenvalue weighted by Crippen LogP contribution is 2.31. The van der Waals surface area contributed by atoms with Gasteiger partial charge in [0.05, 0.1) is 19.2 Å². The van der Waals surface area contributed by atoms with Crippen LogP contribution in [0.5, 0.6) is 0 Å². The molecule has 1 atom stereocenters. The molecule has 1 aliphatic rings. The van der Waals surface area contributed by atoms with Gasteiger partial charge in [-0.1, -0.05) is 17.3 Å². The Morgan fingerprint density at radius 2 is 1.91 bits per heavy atom. The largest absolute Gasteiger partial charge is 0.462 e. The normalized spacial score (nSPS) is 18.0. The van der Waals surface area contributed by atoms with E-state index in [0.29, 0.717) is 15.7 Å². The molecule has 0 saturated heterocycles. The summed E-state index contributed by atoms with van der Waals surface area (Å²) in [4.78, 5) is 22.6. The lowest BCUT2D eigenvalue weighted by Crippen LogP contribution is -2.49. The van der Waals surface area contributed by atoms with Crippen molar-refractivity contribution >= 4 is 12.2 Å². The van der Waals surface area contributed by atoms with Crippen LogP contribution in [0.2, 0.25) is 0 Å². The molecule has 23 heavy (non-hydrogen) atoms. The predicted octanol–water partition coefficient (Wildman–Crippen LogP) is 3.09. The molecular weight excluding hydrogens is 321 g/mol. The minimum absolute atomic E-state index is 0.242. The van der Waals surface area contributed by atoms with Gasteiger partial charge in [-0.2, -0.15) is 23.3 Å². The molecule has 124 valence electrons. The number of ether oxygens (including phenoxy) is 1. The fourth-order valence-electron chi connectivity index (χ4n) is 1.90. The number of nitrogens with zero attached hydrogens (tertiary/aromatic N) is 4. The van der Waals surface area contributed by atoms with Crippen LogP contribution in [0.3, 0.4) is 0 Å². The van der Waals surface area contributed by atoms with Crippen molar-refractivity contribution in [3.05, 3.63) is 35.4 Å². The van der Waals surface area contributed by atoms with Crippen LogP contribution >= 0.6 is 0 Å². The van der Waals surface area contributed by atoms with Crippen LogP contribution in [0.1, 0.15) is 17.2 Å². The minimum atomic E-state index is -4.47. The third kappa shape index (κ3) is 3.49.